The first-order valence-electron chi connectivity index (χ1n) is 11.1. The first kappa shape index (κ1) is 21.0. The Morgan fingerprint density at radius 2 is 2.22 bits per heavy atom. The molecule has 0 radical (unpaired) electrons. The van der Waals surface area contributed by atoms with E-state index in [1.54, 1.807) is 0 Å². The number of anilines is 2. The molecule has 0 bridgehead atoms. The summed E-state index contributed by atoms with van der Waals surface area (Å²) in [4.78, 5) is 25.7. The lowest BCUT2D eigenvalue weighted by Crippen LogP contribution is -2.48. The molecule has 5 rings (SSSR count). The van der Waals surface area contributed by atoms with E-state index in [0.717, 1.165) is 46.0 Å². The van der Waals surface area contributed by atoms with Crippen LogP contribution in [-0.2, 0) is 6.42 Å². The zero-order chi connectivity index (χ0) is 22.2. The number of pyridine rings is 2. The standard InChI is InChI=1S/C23H28N6O2S/c1-13-6-7-16-20(24)21(32-23(16)27-13)22(30)28-15-9-14-11-26-19(10-17(14)31-12-15)29-8-4-3-5-18(29)25-2/h6-7,10-11,15,18,25H,3-5,8-9,12,24H2,1-2H3,(H,28,30)/t15-,18?/m1/s1. The molecule has 1 amide bonds. The van der Waals surface area contributed by atoms with Crippen molar-refractivity contribution in [1.29, 1.82) is 0 Å². The zero-order valence-corrected chi connectivity index (χ0v) is 19.2. The monoisotopic (exact) mass is 452 g/mol. The summed E-state index contributed by atoms with van der Waals surface area (Å²) in [7, 11) is 1.99. The number of rotatable bonds is 4. The number of fused-ring (bicyclic) bond motifs is 2. The van der Waals surface area contributed by atoms with Crippen LogP contribution in [0.1, 0.15) is 40.2 Å². The third-order valence-corrected chi connectivity index (χ3v) is 7.35. The van der Waals surface area contributed by atoms with E-state index in [2.05, 4.69) is 20.5 Å². The van der Waals surface area contributed by atoms with Gasteiger partial charge in [0.1, 0.15) is 27.9 Å². The zero-order valence-electron chi connectivity index (χ0n) is 18.4. The fraction of sp³-hybridized carbons (Fsp3) is 0.435. The van der Waals surface area contributed by atoms with Crippen molar-refractivity contribution in [2.75, 3.05) is 30.8 Å². The van der Waals surface area contributed by atoms with Crippen molar-refractivity contribution >= 4 is 39.0 Å². The molecule has 2 atom stereocenters. The number of ether oxygens (including phenoxy) is 1. The predicted molar refractivity (Wildman–Crippen MR) is 128 cm³/mol. The van der Waals surface area contributed by atoms with Crippen LogP contribution in [0.3, 0.4) is 0 Å². The van der Waals surface area contributed by atoms with E-state index in [0.29, 0.717) is 29.8 Å². The predicted octanol–water partition coefficient (Wildman–Crippen LogP) is 2.85. The maximum atomic E-state index is 12.9. The van der Waals surface area contributed by atoms with E-state index < -0.39 is 0 Å². The van der Waals surface area contributed by atoms with Crippen LogP contribution in [0.15, 0.2) is 24.4 Å². The molecule has 2 aliphatic heterocycles. The Morgan fingerprint density at radius 3 is 3.06 bits per heavy atom. The van der Waals surface area contributed by atoms with Crippen LogP contribution >= 0.6 is 11.3 Å². The second-order valence-electron chi connectivity index (χ2n) is 8.48. The number of aryl methyl sites for hydroxylation is 1. The fourth-order valence-electron chi connectivity index (χ4n) is 4.52. The van der Waals surface area contributed by atoms with E-state index in [-0.39, 0.29) is 11.9 Å². The minimum absolute atomic E-state index is 0.137. The lowest BCUT2D eigenvalue weighted by Gasteiger charge is -2.37. The van der Waals surface area contributed by atoms with Gasteiger partial charge in [-0.2, -0.15) is 0 Å². The third kappa shape index (κ3) is 3.86. The number of carbonyl (C=O) groups is 1. The molecule has 1 unspecified atom stereocenters. The summed E-state index contributed by atoms with van der Waals surface area (Å²) in [5.74, 6) is 1.60. The number of nitrogen functional groups attached to an aromatic ring is 1. The van der Waals surface area contributed by atoms with E-state index >= 15 is 0 Å². The van der Waals surface area contributed by atoms with Crippen LogP contribution in [0.5, 0.6) is 5.75 Å². The molecule has 1 fully saturated rings. The molecular weight excluding hydrogens is 424 g/mol. The van der Waals surface area contributed by atoms with Crippen LogP contribution in [-0.4, -0.2) is 48.3 Å². The SMILES string of the molecule is CNC1CCCCN1c1cc2c(cn1)C[C@@H](NC(=O)c1sc3nc(C)ccc3c1N)CO2. The Morgan fingerprint density at radius 1 is 1.34 bits per heavy atom. The smallest absolute Gasteiger partial charge is 0.263 e. The second kappa shape index (κ2) is 8.55. The third-order valence-electron chi connectivity index (χ3n) is 6.24. The van der Waals surface area contributed by atoms with Gasteiger partial charge >= 0.3 is 0 Å². The highest BCUT2D eigenvalue weighted by atomic mass is 32.1. The Bertz CT molecular complexity index is 1160. The van der Waals surface area contributed by atoms with Crippen LogP contribution in [0.2, 0.25) is 0 Å². The summed E-state index contributed by atoms with van der Waals surface area (Å²) in [6, 6.07) is 5.72. The van der Waals surface area contributed by atoms with Crippen LogP contribution in [0, 0.1) is 6.92 Å². The van der Waals surface area contributed by atoms with Crippen LogP contribution in [0.4, 0.5) is 11.5 Å². The summed E-state index contributed by atoms with van der Waals surface area (Å²) in [6.45, 7) is 3.33. The van der Waals surface area contributed by atoms with Gasteiger partial charge in [0.05, 0.1) is 17.9 Å². The Balaban J connectivity index is 1.29. The number of nitrogens with one attached hydrogen (secondary N) is 2. The van der Waals surface area contributed by atoms with Gasteiger partial charge < -0.3 is 26.0 Å². The lowest BCUT2D eigenvalue weighted by atomic mass is 10.0. The average Bonchev–Trinajstić information content (AvgIpc) is 3.14. The Kier molecular flexibility index (Phi) is 5.60. The number of carbonyl (C=O) groups excluding carboxylic acids is 1. The highest BCUT2D eigenvalue weighted by Gasteiger charge is 2.27. The number of hydrogen-bond acceptors (Lipinski definition) is 8. The van der Waals surface area contributed by atoms with Gasteiger partial charge in [0, 0.05) is 41.9 Å². The van der Waals surface area contributed by atoms with Gasteiger partial charge in [-0.3, -0.25) is 4.79 Å². The van der Waals surface area contributed by atoms with E-state index in [1.807, 2.05) is 38.4 Å². The molecule has 3 aromatic heterocycles. The van der Waals surface area contributed by atoms with Gasteiger partial charge in [0.15, 0.2) is 0 Å². The molecule has 8 nitrogen and oxygen atoms in total. The molecule has 168 valence electrons. The number of nitrogens with two attached hydrogens (primary N) is 1. The van der Waals surface area contributed by atoms with Crippen molar-refractivity contribution in [3.63, 3.8) is 0 Å². The molecule has 2 aliphatic rings. The molecular formula is C23H28N6O2S. The van der Waals surface area contributed by atoms with Crippen molar-refractivity contribution < 1.29 is 9.53 Å². The minimum atomic E-state index is -0.185. The second-order valence-corrected chi connectivity index (χ2v) is 9.48. The number of piperidine rings is 1. The molecule has 32 heavy (non-hydrogen) atoms. The maximum absolute atomic E-state index is 12.9. The van der Waals surface area contributed by atoms with E-state index in [4.69, 9.17) is 15.5 Å². The minimum Gasteiger partial charge on any atom is -0.491 e. The number of aromatic nitrogens is 2. The van der Waals surface area contributed by atoms with E-state index in [1.165, 1.54) is 24.2 Å². The summed E-state index contributed by atoms with van der Waals surface area (Å²) in [5.41, 5.74) is 8.63. The molecule has 0 aromatic carbocycles. The molecule has 4 N–H and O–H groups in total. The molecule has 0 aliphatic carbocycles. The topological polar surface area (TPSA) is 105 Å². The normalized spacial score (nSPS) is 20.6. The Labute approximate surface area is 191 Å². The van der Waals surface area contributed by atoms with Gasteiger partial charge in [0.25, 0.3) is 5.91 Å². The molecule has 0 saturated carbocycles. The highest BCUT2D eigenvalue weighted by Crippen LogP contribution is 2.33. The van der Waals surface area contributed by atoms with Crippen molar-refractivity contribution in [2.24, 2.45) is 0 Å². The number of thiophene rings is 1. The lowest BCUT2D eigenvalue weighted by molar-refractivity contribution is 0.0920. The average molecular weight is 453 g/mol. The molecule has 3 aromatic rings. The van der Waals surface area contributed by atoms with Crippen molar-refractivity contribution in [2.45, 2.75) is 44.8 Å². The molecule has 0 spiro atoms. The highest BCUT2D eigenvalue weighted by molar-refractivity contribution is 7.21. The van der Waals surface area contributed by atoms with Gasteiger partial charge in [-0.05, 0) is 45.4 Å². The van der Waals surface area contributed by atoms with Crippen LogP contribution < -0.4 is 26.0 Å². The summed E-state index contributed by atoms with van der Waals surface area (Å²) < 4.78 is 6.04. The maximum Gasteiger partial charge on any atom is 0.263 e. The van der Waals surface area contributed by atoms with E-state index in [9.17, 15) is 4.79 Å². The van der Waals surface area contributed by atoms with Crippen molar-refractivity contribution in [3.8, 4) is 5.75 Å². The molecule has 1 saturated heterocycles. The Hall–Kier alpha value is -2.91. The first-order valence-corrected chi connectivity index (χ1v) is 11.9. The number of hydrogen-bond donors (Lipinski definition) is 3. The molecule has 9 heteroatoms. The summed E-state index contributed by atoms with van der Waals surface area (Å²) in [6.07, 6.45) is 6.36. The van der Waals surface area contributed by atoms with Gasteiger partial charge in [-0.15, -0.1) is 11.3 Å². The van der Waals surface area contributed by atoms with Gasteiger partial charge in [-0.1, -0.05) is 0 Å². The fourth-order valence-corrected chi connectivity index (χ4v) is 5.56. The summed E-state index contributed by atoms with van der Waals surface area (Å²) >= 11 is 1.33. The molecule has 5 heterocycles. The number of amides is 1. The first-order chi connectivity index (χ1) is 15.5. The van der Waals surface area contributed by atoms with Gasteiger partial charge in [0.2, 0.25) is 0 Å². The number of nitrogens with zero attached hydrogens (tertiary/aromatic N) is 3. The summed E-state index contributed by atoms with van der Waals surface area (Å²) in [5, 5.41) is 7.28. The quantitative estimate of drug-likeness (QED) is 0.559. The van der Waals surface area contributed by atoms with Gasteiger partial charge in [-0.25, -0.2) is 9.97 Å². The van der Waals surface area contributed by atoms with Crippen LogP contribution in [0.25, 0.3) is 10.2 Å². The van der Waals surface area contributed by atoms with Crippen molar-refractivity contribution in [1.82, 2.24) is 20.6 Å². The van der Waals surface area contributed by atoms with Crippen molar-refractivity contribution in [3.05, 3.63) is 40.5 Å². The largest absolute Gasteiger partial charge is 0.491 e.